The van der Waals surface area contributed by atoms with Gasteiger partial charge in [0, 0.05) is 17.4 Å². The van der Waals surface area contributed by atoms with Crippen molar-refractivity contribution in [2.45, 2.75) is 13.3 Å². The lowest BCUT2D eigenvalue weighted by Gasteiger charge is -2.02. The molecule has 0 saturated heterocycles. The molecule has 2 rings (SSSR count). The van der Waals surface area contributed by atoms with Crippen molar-refractivity contribution in [3.63, 3.8) is 0 Å². The van der Waals surface area contributed by atoms with Crippen LogP contribution in [0, 0.1) is 0 Å². The summed E-state index contributed by atoms with van der Waals surface area (Å²) < 4.78 is 5.09. The Hall–Kier alpha value is -2.41. The van der Waals surface area contributed by atoms with E-state index in [9.17, 15) is 9.59 Å². The Labute approximate surface area is 125 Å². The molecular weight excluding hydrogens is 292 g/mol. The highest BCUT2D eigenvalue weighted by Gasteiger charge is 2.16. The predicted molar refractivity (Wildman–Crippen MR) is 79.7 cm³/mol. The third-order valence-corrected chi connectivity index (χ3v) is 3.63. The molecule has 7 heteroatoms. The molecular formula is C14H14N2O4S. The number of amides is 1. The molecule has 1 aromatic heterocycles. The number of aromatic nitrogens is 1. The first-order chi connectivity index (χ1) is 9.99. The first-order valence-electron chi connectivity index (χ1n) is 6.13. The number of ether oxygens (including phenoxy) is 1. The number of nitrogens with zero attached hydrogens (tertiary/aromatic N) is 1. The molecule has 0 aliphatic rings. The van der Waals surface area contributed by atoms with Gasteiger partial charge in [0.1, 0.15) is 5.75 Å². The molecule has 1 heterocycles. The second-order valence-corrected chi connectivity index (χ2v) is 5.35. The van der Waals surface area contributed by atoms with Crippen molar-refractivity contribution in [1.82, 2.24) is 4.98 Å². The number of methoxy groups -OCH3 is 1. The number of carboxylic acids is 1. The molecule has 1 aromatic carbocycles. The highest BCUT2D eigenvalue weighted by molar-refractivity contribution is 7.16. The Balaban J connectivity index is 2.40. The van der Waals surface area contributed by atoms with Crippen molar-refractivity contribution in [2.24, 2.45) is 0 Å². The number of carbonyl (C=O) groups excluding carboxylic acids is 1. The lowest BCUT2D eigenvalue weighted by atomic mass is 10.1. The first-order valence-corrected chi connectivity index (χ1v) is 6.94. The molecule has 110 valence electrons. The van der Waals surface area contributed by atoms with E-state index in [-0.39, 0.29) is 12.3 Å². The zero-order chi connectivity index (χ0) is 15.4. The van der Waals surface area contributed by atoms with Gasteiger partial charge in [-0.05, 0) is 24.3 Å². The lowest BCUT2D eigenvalue weighted by Crippen LogP contribution is -2.04. The van der Waals surface area contributed by atoms with E-state index >= 15 is 0 Å². The van der Waals surface area contributed by atoms with Crippen LogP contribution in [0.2, 0.25) is 0 Å². The SMILES string of the molecule is COc1ccc(-c2nc(NC(C)=O)sc2CC(=O)O)cc1. The minimum atomic E-state index is -0.942. The van der Waals surface area contributed by atoms with E-state index in [1.54, 1.807) is 31.4 Å². The first kappa shape index (κ1) is 15.0. The van der Waals surface area contributed by atoms with Gasteiger partial charge < -0.3 is 15.2 Å². The van der Waals surface area contributed by atoms with Gasteiger partial charge in [-0.2, -0.15) is 0 Å². The summed E-state index contributed by atoms with van der Waals surface area (Å²) in [5, 5.41) is 12.0. The van der Waals surface area contributed by atoms with Gasteiger partial charge in [-0.25, -0.2) is 4.98 Å². The zero-order valence-electron chi connectivity index (χ0n) is 11.5. The van der Waals surface area contributed by atoms with Crippen LogP contribution in [-0.4, -0.2) is 29.1 Å². The van der Waals surface area contributed by atoms with Crippen LogP contribution in [-0.2, 0) is 16.0 Å². The number of carboxylic acid groups (broad SMARTS) is 1. The molecule has 21 heavy (non-hydrogen) atoms. The van der Waals surface area contributed by atoms with Crippen LogP contribution in [0.25, 0.3) is 11.3 Å². The molecule has 0 unspecified atom stereocenters. The van der Waals surface area contributed by atoms with E-state index in [4.69, 9.17) is 9.84 Å². The summed E-state index contributed by atoms with van der Waals surface area (Å²) in [4.78, 5) is 27.0. The van der Waals surface area contributed by atoms with E-state index in [0.29, 0.717) is 21.5 Å². The number of anilines is 1. The summed E-state index contributed by atoms with van der Waals surface area (Å²) in [6, 6.07) is 7.15. The fourth-order valence-electron chi connectivity index (χ4n) is 1.79. The van der Waals surface area contributed by atoms with E-state index < -0.39 is 5.97 Å². The topological polar surface area (TPSA) is 88.5 Å². The van der Waals surface area contributed by atoms with Gasteiger partial charge in [0.05, 0.1) is 19.2 Å². The maximum Gasteiger partial charge on any atom is 0.308 e. The van der Waals surface area contributed by atoms with Gasteiger partial charge in [-0.1, -0.05) is 0 Å². The highest BCUT2D eigenvalue weighted by atomic mass is 32.1. The van der Waals surface area contributed by atoms with Crippen LogP contribution < -0.4 is 10.1 Å². The molecule has 2 N–H and O–H groups in total. The zero-order valence-corrected chi connectivity index (χ0v) is 12.4. The van der Waals surface area contributed by atoms with Crippen molar-refractivity contribution in [1.29, 1.82) is 0 Å². The molecule has 0 aliphatic heterocycles. The van der Waals surface area contributed by atoms with Crippen LogP contribution in [0.4, 0.5) is 5.13 Å². The number of benzene rings is 1. The molecule has 6 nitrogen and oxygen atoms in total. The minimum absolute atomic E-state index is 0.140. The van der Waals surface area contributed by atoms with Crippen molar-refractivity contribution in [2.75, 3.05) is 12.4 Å². The van der Waals surface area contributed by atoms with Gasteiger partial charge in [0.25, 0.3) is 0 Å². The van der Waals surface area contributed by atoms with Crippen molar-refractivity contribution in [3.8, 4) is 17.0 Å². The third-order valence-electron chi connectivity index (χ3n) is 2.66. The molecule has 0 radical (unpaired) electrons. The number of rotatable bonds is 5. The summed E-state index contributed by atoms with van der Waals surface area (Å²) in [7, 11) is 1.57. The summed E-state index contributed by atoms with van der Waals surface area (Å²) in [5.74, 6) is -0.481. The van der Waals surface area contributed by atoms with Gasteiger partial charge in [0.15, 0.2) is 5.13 Å². The second kappa shape index (κ2) is 6.36. The molecule has 0 spiro atoms. The largest absolute Gasteiger partial charge is 0.497 e. The average Bonchev–Trinajstić information content (AvgIpc) is 2.79. The average molecular weight is 306 g/mol. The summed E-state index contributed by atoms with van der Waals surface area (Å²) in [6.45, 7) is 1.38. The van der Waals surface area contributed by atoms with E-state index in [1.807, 2.05) is 0 Å². The van der Waals surface area contributed by atoms with Gasteiger partial charge in [-0.3, -0.25) is 9.59 Å². The Morgan fingerprint density at radius 1 is 1.33 bits per heavy atom. The number of hydrogen-bond acceptors (Lipinski definition) is 5. The van der Waals surface area contributed by atoms with Crippen LogP contribution >= 0.6 is 11.3 Å². The van der Waals surface area contributed by atoms with E-state index in [1.165, 1.54) is 18.3 Å². The van der Waals surface area contributed by atoms with Gasteiger partial charge in [-0.15, -0.1) is 11.3 Å². The smallest absolute Gasteiger partial charge is 0.308 e. The van der Waals surface area contributed by atoms with Crippen molar-refractivity contribution >= 4 is 28.3 Å². The van der Waals surface area contributed by atoms with Crippen LogP contribution in [0.15, 0.2) is 24.3 Å². The number of hydrogen-bond donors (Lipinski definition) is 2. The summed E-state index contributed by atoms with van der Waals surface area (Å²) in [5.41, 5.74) is 1.34. The van der Waals surface area contributed by atoms with Crippen LogP contribution in [0.1, 0.15) is 11.8 Å². The molecule has 2 aromatic rings. The normalized spacial score (nSPS) is 10.2. The number of carbonyl (C=O) groups is 2. The summed E-state index contributed by atoms with van der Waals surface area (Å²) >= 11 is 1.17. The Morgan fingerprint density at radius 3 is 2.52 bits per heavy atom. The van der Waals surface area contributed by atoms with Gasteiger partial charge >= 0.3 is 5.97 Å². The lowest BCUT2D eigenvalue weighted by molar-refractivity contribution is -0.136. The Kier molecular flexibility index (Phi) is 4.54. The summed E-state index contributed by atoms with van der Waals surface area (Å²) in [6.07, 6.45) is -0.140. The highest BCUT2D eigenvalue weighted by Crippen LogP contribution is 2.32. The quantitative estimate of drug-likeness (QED) is 0.885. The van der Waals surface area contributed by atoms with Crippen LogP contribution in [0.3, 0.4) is 0 Å². The van der Waals surface area contributed by atoms with Crippen LogP contribution in [0.5, 0.6) is 5.75 Å². The number of aliphatic carboxylic acids is 1. The standard InChI is InChI=1S/C14H14N2O4S/c1-8(17)15-14-16-13(11(21-14)7-12(18)19)9-3-5-10(20-2)6-4-9/h3-6H,7H2,1-2H3,(H,18,19)(H,15,16,17). The molecule has 0 aliphatic carbocycles. The second-order valence-electron chi connectivity index (χ2n) is 4.27. The fourth-order valence-corrected chi connectivity index (χ4v) is 2.81. The fraction of sp³-hybridized carbons (Fsp3) is 0.214. The number of thiazole rings is 1. The molecule has 0 atom stereocenters. The molecule has 0 saturated carbocycles. The molecule has 0 fully saturated rings. The van der Waals surface area contributed by atoms with Gasteiger partial charge in [0.2, 0.25) is 5.91 Å². The molecule has 0 bridgehead atoms. The predicted octanol–water partition coefficient (Wildman–Crippen LogP) is 2.40. The number of nitrogens with one attached hydrogen (secondary N) is 1. The monoisotopic (exact) mass is 306 g/mol. The maximum absolute atomic E-state index is 11.1. The Bertz CT molecular complexity index is 664. The van der Waals surface area contributed by atoms with Crippen molar-refractivity contribution in [3.05, 3.63) is 29.1 Å². The third kappa shape index (κ3) is 3.79. The van der Waals surface area contributed by atoms with Crippen molar-refractivity contribution < 1.29 is 19.4 Å². The Morgan fingerprint density at radius 2 is 2.00 bits per heavy atom. The van der Waals surface area contributed by atoms with E-state index in [0.717, 1.165) is 5.56 Å². The molecule has 1 amide bonds. The minimum Gasteiger partial charge on any atom is -0.497 e. The van der Waals surface area contributed by atoms with E-state index in [2.05, 4.69) is 10.3 Å². The maximum atomic E-state index is 11.1.